The third-order valence-corrected chi connectivity index (χ3v) is 2.58. The van der Waals surface area contributed by atoms with Crippen molar-refractivity contribution in [2.45, 2.75) is 18.8 Å². The SMILES string of the molecule is COc1ccc2c(c1)CC[C@@H]2C#N. The normalized spacial score (nSPS) is 19.2. The smallest absolute Gasteiger partial charge is 0.119 e. The van der Waals surface area contributed by atoms with E-state index < -0.39 is 0 Å². The van der Waals surface area contributed by atoms with Gasteiger partial charge in [-0.05, 0) is 36.1 Å². The van der Waals surface area contributed by atoms with Crippen LogP contribution in [0.15, 0.2) is 18.2 Å². The van der Waals surface area contributed by atoms with Gasteiger partial charge in [-0.15, -0.1) is 0 Å². The van der Waals surface area contributed by atoms with Crippen LogP contribution < -0.4 is 4.74 Å². The van der Waals surface area contributed by atoms with E-state index in [1.165, 1.54) is 11.1 Å². The maximum Gasteiger partial charge on any atom is 0.119 e. The molecular weight excluding hydrogens is 162 g/mol. The van der Waals surface area contributed by atoms with Gasteiger partial charge < -0.3 is 4.74 Å². The van der Waals surface area contributed by atoms with Crippen LogP contribution in [-0.4, -0.2) is 7.11 Å². The Morgan fingerprint density at radius 3 is 3.08 bits per heavy atom. The number of methoxy groups -OCH3 is 1. The summed E-state index contributed by atoms with van der Waals surface area (Å²) in [5.41, 5.74) is 2.45. The number of nitrogens with zero attached hydrogens (tertiary/aromatic N) is 1. The fourth-order valence-corrected chi connectivity index (χ4v) is 1.85. The monoisotopic (exact) mass is 173 g/mol. The summed E-state index contributed by atoms with van der Waals surface area (Å²) < 4.78 is 5.13. The van der Waals surface area contributed by atoms with Crippen LogP contribution in [0.4, 0.5) is 0 Å². The summed E-state index contributed by atoms with van der Waals surface area (Å²) in [6, 6.07) is 8.29. The molecule has 1 aliphatic carbocycles. The third kappa shape index (κ3) is 1.27. The maximum absolute atomic E-state index is 8.86. The lowest BCUT2D eigenvalue weighted by molar-refractivity contribution is 0.414. The Bertz CT molecular complexity index is 365. The van der Waals surface area contributed by atoms with Crippen molar-refractivity contribution < 1.29 is 4.74 Å². The number of fused-ring (bicyclic) bond motifs is 1. The lowest BCUT2D eigenvalue weighted by Gasteiger charge is -2.04. The second-order valence-electron chi connectivity index (χ2n) is 3.29. The summed E-state index contributed by atoms with van der Waals surface area (Å²) in [7, 11) is 1.67. The Kier molecular flexibility index (Phi) is 1.94. The predicted molar refractivity (Wildman–Crippen MR) is 49.7 cm³/mol. The molecule has 1 aromatic carbocycles. The van der Waals surface area contributed by atoms with E-state index in [1.54, 1.807) is 7.11 Å². The Hall–Kier alpha value is -1.49. The molecule has 0 N–H and O–H groups in total. The number of rotatable bonds is 1. The molecule has 2 heteroatoms. The topological polar surface area (TPSA) is 33.0 Å². The van der Waals surface area contributed by atoms with E-state index in [2.05, 4.69) is 6.07 Å². The summed E-state index contributed by atoms with van der Waals surface area (Å²) in [6.07, 6.45) is 1.96. The lowest BCUT2D eigenvalue weighted by Crippen LogP contribution is -1.89. The van der Waals surface area contributed by atoms with Crippen molar-refractivity contribution in [2.75, 3.05) is 7.11 Å². The third-order valence-electron chi connectivity index (χ3n) is 2.58. The van der Waals surface area contributed by atoms with Crippen molar-refractivity contribution in [1.82, 2.24) is 0 Å². The molecule has 0 heterocycles. The van der Waals surface area contributed by atoms with E-state index in [-0.39, 0.29) is 5.92 Å². The number of ether oxygens (including phenoxy) is 1. The van der Waals surface area contributed by atoms with Crippen LogP contribution in [0, 0.1) is 11.3 Å². The molecule has 0 radical (unpaired) electrons. The molecule has 1 aliphatic rings. The minimum atomic E-state index is 0.0981. The van der Waals surface area contributed by atoms with Gasteiger partial charge in [0.1, 0.15) is 5.75 Å². The molecule has 2 rings (SSSR count). The number of aryl methyl sites for hydroxylation is 1. The fraction of sp³-hybridized carbons (Fsp3) is 0.364. The lowest BCUT2D eigenvalue weighted by atomic mass is 10.0. The molecular formula is C11H11NO. The van der Waals surface area contributed by atoms with Crippen molar-refractivity contribution >= 4 is 0 Å². The van der Waals surface area contributed by atoms with Crippen LogP contribution in [0.3, 0.4) is 0 Å². The van der Waals surface area contributed by atoms with Crippen molar-refractivity contribution in [3.63, 3.8) is 0 Å². The van der Waals surface area contributed by atoms with Gasteiger partial charge in [-0.25, -0.2) is 0 Å². The van der Waals surface area contributed by atoms with Gasteiger partial charge >= 0.3 is 0 Å². The summed E-state index contributed by atoms with van der Waals surface area (Å²) in [5.74, 6) is 0.984. The first-order chi connectivity index (χ1) is 6.35. The van der Waals surface area contributed by atoms with Crippen molar-refractivity contribution in [3.8, 4) is 11.8 Å². The summed E-state index contributed by atoms with van der Waals surface area (Å²) in [4.78, 5) is 0. The van der Waals surface area contributed by atoms with E-state index >= 15 is 0 Å². The largest absolute Gasteiger partial charge is 0.497 e. The van der Waals surface area contributed by atoms with Crippen molar-refractivity contribution in [1.29, 1.82) is 5.26 Å². The first-order valence-corrected chi connectivity index (χ1v) is 4.41. The highest BCUT2D eigenvalue weighted by atomic mass is 16.5. The molecule has 1 atom stereocenters. The molecule has 0 aliphatic heterocycles. The average molecular weight is 173 g/mol. The molecule has 0 saturated heterocycles. The van der Waals surface area contributed by atoms with Gasteiger partial charge in [0.15, 0.2) is 0 Å². The Morgan fingerprint density at radius 2 is 2.38 bits per heavy atom. The molecule has 0 bridgehead atoms. The van der Waals surface area contributed by atoms with Gasteiger partial charge in [0.2, 0.25) is 0 Å². The van der Waals surface area contributed by atoms with E-state index in [4.69, 9.17) is 10.00 Å². The van der Waals surface area contributed by atoms with Gasteiger partial charge in [0.25, 0.3) is 0 Å². The molecule has 13 heavy (non-hydrogen) atoms. The number of nitriles is 1. The Morgan fingerprint density at radius 1 is 1.54 bits per heavy atom. The van der Waals surface area contributed by atoms with Crippen LogP contribution in [0.5, 0.6) is 5.75 Å². The number of benzene rings is 1. The van der Waals surface area contributed by atoms with Gasteiger partial charge in [-0.2, -0.15) is 5.26 Å². The fourth-order valence-electron chi connectivity index (χ4n) is 1.85. The molecule has 0 amide bonds. The summed E-state index contributed by atoms with van der Waals surface area (Å²) >= 11 is 0. The van der Waals surface area contributed by atoms with Gasteiger partial charge in [0.05, 0.1) is 19.1 Å². The molecule has 1 aromatic rings. The van der Waals surface area contributed by atoms with Crippen LogP contribution in [0.1, 0.15) is 23.5 Å². The second-order valence-corrected chi connectivity index (χ2v) is 3.29. The molecule has 0 saturated carbocycles. The quantitative estimate of drug-likeness (QED) is 0.652. The van der Waals surface area contributed by atoms with Crippen LogP contribution in [-0.2, 0) is 6.42 Å². The molecule has 66 valence electrons. The van der Waals surface area contributed by atoms with E-state index in [9.17, 15) is 0 Å². The second kappa shape index (κ2) is 3.10. The summed E-state index contributed by atoms with van der Waals surface area (Å²) in [6.45, 7) is 0. The highest BCUT2D eigenvalue weighted by Crippen LogP contribution is 2.34. The highest BCUT2D eigenvalue weighted by molar-refractivity contribution is 5.43. The minimum Gasteiger partial charge on any atom is -0.497 e. The van der Waals surface area contributed by atoms with Gasteiger partial charge in [0, 0.05) is 0 Å². The first-order valence-electron chi connectivity index (χ1n) is 4.41. The Balaban J connectivity index is 2.41. The maximum atomic E-state index is 8.86. The molecule has 0 aromatic heterocycles. The summed E-state index contributed by atoms with van der Waals surface area (Å²) in [5, 5.41) is 8.86. The minimum absolute atomic E-state index is 0.0981. The first kappa shape index (κ1) is 8.12. The average Bonchev–Trinajstić information content (AvgIpc) is 2.59. The van der Waals surface area contributed by atoms with Crippen molar-refractivity contribution in [3.05, 3.63) is 29.3 Å². The van der Waals surface area contributed by atoms with Crippen LogP contribution in [0.2, 0.25) is 0 Å². The number of hydrogen-bond acceptors (Lipinski definition) is 2. The van der Waals surface area contributed by atoms with Gasteiger partial charge in [-0.3, -0.25) is 0 Å². The molecule has 0 spiro atoms. The van der Waals surface area contributed by atoms with Gasteiger partial charge in [-0.1, -0.05) is 6.07 Å². The Labute approximate surface area is 77.8 Å². The zero-order valence-electron chi connectivity index (χ0n) is 7.58. The standard InChI is InChI=1S/C11H11NO/c1-13-10-4-5-11-8(6-10)2-3-9(11)7-12/h4-6,9H,2-3H2,1H3/t9-/m1/s1. The van der Waals surface area contributed by atoms with E-state index in [1.807, 2.05) is 18.2 Å². The highest BCUT2D eigenvalue weighted by Gasteiger charge is 2.21. The molecule has 0 unspecified atom stereocenters. The molecule has 0 fully saturated rings. The van der Waals surface area contributed by atoms with E-state index in [0.717, 1.165) is 18.6 Å². The van der Waals surface area contributed by atoms with Crippen molar-refractivity contribution in [2.24, 2.45) is 0 Å². The molecule has 2 nitrogen and oxygen atoms in total. The predicted octanol–water partition coefficient (Wildman–Crippen LogP) is 2.25. The zero-order valence-corrected chi connectivity index (χ0v) is 7.58. The van der Waals surface area contributed by atoms with E-state index in [0.29, 0.717) is 0 Å². The zero-order chi connectivity index (χ0) is 9.26. The van der Waals surface area contributed by atoms with Crippen LogP contribution >= 0.6 is 0 Å². The number of hydrogen-bond donors (Lipinski definition) is 0. The van der Waals surface area contributed by atoms with Crippen LogP contribution in [0.25, 0.3) is 0 Å².